The second kappa shape index (κ2) is 5.85. The molecule has 0 fully saturated rings. The van der Waals surface area contributed by atoms with Crippen molar-refractivity contribution >= 4 is 38.4 Å². The van der Waals surface area contributed by atoms with Crippen LogP contribution in [0, 0.1) is 13.8 Å². The molecule has 0 saturated carbocycles. The molecule has 138 valence electrons. The number of pyridine rings is 1. The number of nitrogens with zero attached hydrogens (tertiary/aromatic N) is 4. The fraction of sp³-hybridized carbons (Fsp3) is 0.0800. The zero-order valence-electron chi connectivity index (χ0n) is 16.2. The maximum Gasteiger partial charge on any atom is 0.145 e. The molecule has 0 saturated heterocycles. The zero-order valence-corrected chi connectivity index (χ0v) is 16.2. The summed E-state index contributed by atoms with van der Waals surface area (Å²) >= 11 is 0. The predicted molar refractivity (Wildman–Crippen MR) is 118 cm³/mol. The van der Waals surface area contributed by atoms with Gasteiger partial charge in [0.1, 0.15) is 5.65 Å². The molecule has 0 aliphatic heterocycles. The van der Waals surface area contributed by atoms with Gasteiger partial charge in [-0.25, -0.2) is 4.98 Å². The Bertz CT molecular complexity index is 1560. The van der Waals surface area contributed by atoms with E-state index >= 15 is 0 Å². The van der Waals surface area contributed by atoms with Gasteiger partial charge in [0, 0.05) is 34.9 Å². The van der Waals surface area contributed by atoms with E-state index in [9.17, 15) is 0 Å². The van der Waals surface area contributed by atoms with Crippen LogP contribution in [0.2, 0.25) is 0 Å². The van der Waals surface area contributed by atoms with Crippen molar-refractivity contribution in [2.75, 3.05) is 0 Å². The molecule has 0 bridgehead atoms. The van der Waals surface area contributed by atoms with Crippen LogP contribution in [0.25, 0.3) is 49.6 Å². The number of hydrogen-bond donors (Lipinski definition) is 0. The minimum absolute atomic E-state index is 0.888. The summed E-state index contributed by atoms with van der Waals surface area (Å²) in [7, 11) is 0. The van der Waals surface area contributed by atoms with Gasteiger partial charge in [0.2, 0.25) is 0 Å². The standard InChI is InChI=1S/C25H18N4/c1-15-6-5-7-16(2)24(15)22-14-29-23-13-21-20(26-10-11-27-21)12-19(23)17-8-3-4-9-18(17)25(29)28-22/h3-14H,1-2H3. The van der Waals surface area contributed by atoms with E-state index < -0.39 is 0 Å². The van der Waals surface area contributed by atoms with Crippen molar-refractivity contribution in [2.24, 2.45) is 0 Å². The first kappa shape index (κ1) is 16.2. The Hall–Kier alpha value is -3.79. The van der Waals surface area contributed by atoms with Crippen molar-refractivity contribution in [3.8, 4) is 11.3 Å². The molecule has 0 spiro atoms. The Kier molecular flexibility index (Phi) is 3.27. The zero-order chi connectivity index (χ0) is 19.5. The molecule has 4 heteroatoms. The molecule has 0 atom stereocenters. The Morgan fingerprint density at radius 1 is 0.724 bits per heavy atom. The third-order valence-electron chi connectivity index (χ3n) is 5.75. The number of fused-ring (bicyclic) bond motifs is 7. The van der Waals surface area contributed by atoms with Crippen LogP contribution in [0.1, 0.15) is 11.1 Å². The van der Waals surface area contributed by atoms with E-state index in [2.05, 4.69) is 89.0 Å². The van der Waals surface area contributed by atoms with E-state index in [1.807, 2.05) is 0 Å². The van der Waals surface area contributed by atoms with Crippen molar-refractivity contribution in [1.29, 1.82) is 0 Å². The van der Waals surface area contributed by atoms with Gasteiger partial charge in [-0.2, -0.15) is 0 Å². The highest BCUT2D eigenvalue weighted by Crippen LogP contribution is 2.34. The molecule has 4 nitrogen and oxygen atoms in total. The number of hydrogen-bond acceptors (Lipinski definition) is 3. The quantitative estimate of drug-likeness (QED) is 0.267. The van der Waals surface area contributed by atoms with Gasteiger partial charge >= 0.3 is 0 Å². The normalized spacial score (nSPS) is 11.8. The molecule has 29 heavy (non-hydrogen) atoms. The molecule has 3 heterocycles. The summed E-state index contributed by atoms with van der Waals surface area (Å²) in [4.78, 5) is 14.1. The first-order valence-electron chi connectivity index (χ1n) is 9.71. The minimum atomic E-state index is 0.888. The second-order valence-electron chi connectivity index (χ2n) is 7.55. The summed E-state index contributed by atoms with van der Waals surface area (Å²) in [6, 6.07) is 19.1. The van der Waals surface area contributed by atoms with Crippen molar-refractivity contribution in [2.45, 2.75) is 13.8 Å². The Morgan fingerprint density at radius 3 is 2.17 bits per heavy atom. The van der Waals surface area contributed by atoms with Gasteiger partial charge in [-0.15, -0.1) is 0 Å². The summed E-state index contributed by atoms with van der Waals surface area (Å²) < 4.78 is 2.20. The molecule has 0 aliphatic rings. The van der Waals surface area contributed by atoms with Gasteiger partial charge in [-0.1, -0.05) is 42.5 Å². The first-order valence-corrected chi connectivity index (χ1v) is 9.71. The lowest BCUT2D eigenvalue weighted by atomic mass is 10.0. The van der Waals surface area contributed by atoms with Crippen LogP contribution in [0.4, 0.5) is 0 Å². The number of imidazole rings is 1. The lowest BCUT2D eigenvalue weighted by Gasteiger charge is -2.09. The van der Waals surface area contributed by atoms with E-state index in [-0.39, 0.29) is 0 Å². The molecule has 6 aromatic rings. The van der Waals surface area contributed by atoms with Crippen LogP contribution < -0.4 is 0 Å². The third-order valence-corrected chi connectivity index (χ3v) is 5.75. The average molecular weight is 374 g/mol. The monoisotopic (exact) mass is 374 g/mol. The third kappa shape index (κ3) is 2.29. The molecular formula is C25H18N4. The maximum atomic E-state index is 5.09. The number of rotatable bonds is 1. The van der Waals surface area contributed by atoms with E-state index in [0.717, 1.165) is 38.7 Å². The van der Waals surface area contributed by atoms with Crippen molar-refractivity contribution in [3.05, 3.63) is 84.3 Å². The first-order chi connectivity index (χ1) is 14.2. The van der Waals surface area contributed by atoms with Gasteiger partial charge in [-0.05, 0) is 42.5 Å². The van der Waals surface area contributed by atoms with Crippen molar-refractivity contribution in [1.82, 2.24) is 19.4 Å². The Balaban J connectivity index is 1.83. The molecule has 0 amide bonds. The van der Waals surface area contributed by atoms with Gasteiger partial charge in [-0.3, -0.25) is 14.4 Å². The molecular weight excluding hydrogens is 356 g/mol. The SMILES string of the molecule is Cc1cccc(C)c1-c1cn2c3cc4nccnc4cc3c3ccccc3c2n1. The van der Waals surface area contributed by atoms with E-state index in [4.69, 9.17) is 4.98 Å². The summed E-state index contributed by atoms with van der Waals surface area (Å²) in [6.45, 7) is 4.29. The maximum absolute atomic E-state index is 5.09. The van der Waals surface area contributed by atoms with Crippen LogP contribution in [0.3, 0.4) is 0 Å². The highest BCUT2D eigenvalue weighted by Gasteiger charge is 2.15. The topological polar surface area (TPSA) is 43.1 Å². The summed E-state index contributed by atoms with van der Waals surface area (Å²) in [5, 5.41) is 3.48. The lowest BCUT2D eigenvalue weighted by molar-refractivity contribution is 1.26. The van der Waals surface area contributed by atoms with Crippen molar-refractivity contribution < 1.29 is 0 Å². The highest BCUT2D eigenvalue weighted by molar-refractivity contribution is 6.14. The van der Waals surface area contributed by atoms with Crippen LogP contribution >= 0.6 is 0 Å². The fourth-order valence-electron chi connectivity index (χ4n) is 4.42. The smallest absolute Gasteiger partial charge is 0.145 e. The van der Waals surface area contributed by atoms with Gasteiger partial charge < -0.3 is 0 Å². The molecule has 0 unspecified atom stereocenters. The van der Waals surface area contributed by atoms with E-state index in [1.54, 1.807) is 12.4 Å². The lowest BCUT2D eigenvalue weighted by Crippen LogP contribution is -1.92. The molecule has 6 rings (SSSR count). The highest BCUT2D eigenvalue weighted by atomic mass is 15.0. The van der Waals surface area contributed by atoms with Crippen LogP contribution in [0.15, 0.2) is 73.2 Å². The summed E-state index contributed by atoms with van der Waals surface area (Å²) in [5.74, 6) is 0. The number of benzene rings is 3. The summed E-state index contributed by atoms with van der Waals surface area (Å²) in [6.07, 6.45) is 5.63. The minimum Gasteiger partial charge on any atom is -0.298 e. The van der Waals surface area contributed by atoms with Crippen molar-refractivity contribution in [3.63, 3.8) is 0 Å². The largest absolute Gasteiger partial charge is 0.298 e. The molecule has 3 aromatic carbocycles. The average Bonchev–Trinajstić information content (AvgIpc) is 3.18. The van der Waals surface area contributed by atoms with Crippen LogP contribution in [0.5, 0.6) is 0 Å². The molecule has 0 radical (unpaired) electrons. The van der Waals surface area contributed by atoms with Gasteiger partial charge in [0.15, 0.2) is 0 Å². The fourth-order valence-corrected chi connectivity index (χ4v) is 4.42. The number of aryl methyl sites for hydroxylation is 2. The van der Waals surface area contributed by atoms with E-state index in [1.165, 1.54) is 22.1 Å². The van der Waals surface area contributed by atoms with Crippen LogP contribution in [-0.4, -0.2) is 19.4 Å². The van der Waals surface area contributed by atoms with Crippen LogP contribution in [-0.2, 0) is 0 Å². The second-order valence-corrected chi connectivity index (χ2v) is 7.55. The molecule has 0 aliphatic carbocycles. The predicted octanol–water partition coefficient (Wildman–Crippen LogP) is 5.87. The Labute approximate surface area is 167 Å². The van der Waals surface area contributed by atoms with Gasteiger partial charge in [0.25, 0.3) is 0 Å². The molecule has 0 N–H and O–H groups in total. The molecule has 3 aromatic heterocycles. The Morgan fingerprint density at radius 2 is 1.41 bits per heavy atom. The summed E-state index contributed by atoms with van der Waals surface area (Å²) in [5.41, 5.74) is 8.52. The van der Waals surface area contributed by atoms with Gasteiger partial charge in [0.05, 0.1) is 22.2 Å². The number of aromatic nitrogens is 4. The van der Waals surface area contributed by atoms with E-state index in [0.29, 0.717) is 0 Å².